The molecule has 6 heteroatoms. The Bertz CT molecular complexity index is 1400. The van der Waals surface area contributed by atoms with Crippen molar-refractivity contribution in [3.05, 3.63) is 85.1 Å². The van der Waals surface area contributed by atoms with Crippen molar-refractivity contribution in [2.45, 2.75) is 309 Å². The summed E-state index contributed by atoms with van der Waals surface area (Å²) >= 11 is 0. The van der Waals surface area contributed by atoms with Crippen LogP contribution in [0.15, 0.2) is 85.1 Å². The summed E-state index contributed by atoms with van der Waals surface area (Å²) in [4.78, 5) is 38.3. The van der Waals surface area contributed by atoms with Crippen LogP contribution in [0.4, 0.5) is 0 Å². The van der Waals surface area contributed by atoms with E-state index in [0.717, 1.165) is 116 Å². The molecule has 0 aliphatic rings. The predicted molar refractivity (Wildman–Crippen MR) is 316 cm³/mol. The topological polar surface area (TPSA) is 78.9 Å². The van der Waals surface area contributed by atoms with Gasteiger partial charge >= 0.3 is 17.9 Å². The third-order valence-electron chi connectivity index (χ3n) is 13.4. The Balaban J connectivity index is 4.34. The van der Waals surface area contributed by atoms with Crippen LogP contribution >= 0.6 is 0 Å². The summed E-state index contributed by atoms with van der Waals surface area (Å²) in [6.07, 6.45) is 80.1. The molecule has 0 spiro atoms. The van der Waals surface area contributed by atoms with E-state index in [1.807, 2.05) is 0 Å². The predicted octanol–water partition coefficient (Wildman–Crippen LogP) is 21.1. The van der Waals surface area contributed by atoms with Gasteiger partial charge in [0, 0.05) is 19.3 Å². The smallest absolute Gasteiger partial charge is 0.306 e. The van der Waals surface area contributed by atoms with Crippen LogP contribution in [-0.2, 0) is 28.6 Å². The average molecular weight is 1020 g/mol. The lowest BCUT2D eigenvalue weighted by molar-refractivity contribution is -0.167. The molecule has 0 aromatic carbocycles. The van der Waals surface area contributed by atoms with Crippen molar-refractivity contribution in [1.29, 1.82) is 0 Å². The minimum absolute atomic E-state index is 0.0846. The number of rotatable bonds is 56. The van der Waals surface area contributed by atoms with E-state index in [1.54, 1.807) is 0 Å². The van der Waals surface area contributed by atoms with Crippen LogP contribution in [0, 0.1) is 0 Å². The zero-order valence-corrected chi connectivity index (χ0v) is 48.1. The fourth-order valence-corrected chi connectivity index (χ4v) is 8.69. The zero-order valence-electron chi connectivity index (χ0n) is 48.1. The van der Waals surface area contributed by atoms with E-state index in [2.05, 4.69) is 106 Å². The first-order valence-corrected chi connectivity index (χ1v) is 31.1. The summed E-state index contributed by atoms with van der Waals surface area (Å²) < 4.78 is 16.9. The Morgan fingerprint density at radius 2 is 0.534 bits per heavy atom. The number of carbonyl (C=O) groups is 3. The van der Waals surface area contributed by atoms with Gasteiger partial charge in [-0.15, -0.1) is 0 Å². The molecule has 0 fully saturated rings. The van der Waals surface area contributed by atoms with Gasteiger partial charge in [0.1, 0.15) is 13.2 Å². The van der Waals surface area contributed by atoms with Crippen LogP contribution in [0.3, 0.4) is 0 Å². The largest absolute Gasteiger partial charge is 0.462 e. The summed E-state index contributed by atoms with van der Waals surface area (Å²) in [6, 6.07) is 0. The Labute approximate surface area is 452 Å². The van der Waals surface area contributed by atoms with Crippen LogP contribution < -0.4 is 0 Å². The van der Waals surface area contributed by atoms with Gasteiger partial charge in [0.15, 0.2) is 6.10 Å². The van der Waals surface area contributed by atoms with E-state index in [4.69, 9.17) is 14.2 Å². The summed E-state index contributed by atoms with van der Waals surface area (Å²) in [6.45, 7) is 6.52. The van der Waals surface area contributed by atoms with Crippen molar-refractivity contribution in [2.75, 3.05) is 13.2 Å². The van der Waals surface area contributed by atoms with Crippen LogP contribution in [0.25, 0.3) is 0 Å². The van der Waals surface area contributed by atoms with Crippen LogP contribution in [0.2, 0.25) is 0 Å². The maximum absolute atomic E-state index is 12.9. The standard InChI is InChI=1S/C67H116O6/c1-4-7-10-13-16-19-22-25-28-30-31-32-33-34-35-36-37-38-40-42-45-48-51-54-57-60-66(69)72-63-64(62-71-65(68)59-56-53-50-47-44-41-27-24-21-18-15-12-9-6-3)73-67(70)61-58-55-52-49-46-43-39-29-26-23-20-17-14-11-8-5-2/h7,10,16,19,24-25,27-29,31-32,34-35,39,64H,4-6,8-9,11-15,17-18,20-23,26,30,33,36-38,40-63H2,1-3H3/b10-7-,19-16-,27-24-,28-25-,32-31-,35-34-,39-29-. The highest BCUT2D eigenvalue weighted by atomic mass is 16.6. The molecule has 0 aliphatic carbocycles. The number of ether oxygens (including phenoxy) is 3. The van der Waals surface area contributed by atoms with Crippen molar-refractivity contribution in [2.24, 2.45) is 0 Å². The van der Waals surface area contributed by atoms with Crippen molar-refractivity contribution < 1.29 is 28.6 Å². The molecule has 0 rings (SSSR count). The normalized spacial score (nSPS) is 12.6. The van der Waals surface area contributed by atoms with Gasteiger partial charge in [0.25, 0.3) is 0 Å². The van der Waals surface area contributed by atoms with Gasteiger partial charge in [-0.05, 0) is 116 Å². The first kappa shape index (κ1) is 69.6. The molecular formula is C67H116O6. The second-order valence-electron chi connectivity index (χ2n) is 20.6. The third-order valence-corrected chi connectivity index (χ3v) is 13.4. The van der Waals surface area contributed by atoms with E-state index in [9.17, 15) is 14.4 Å². The van der Waals surface area contributed by atoms with Crippen LogP contribution in [-0.4, -0.2) is 37.2 Å². The molecule has 0 N–H and O–H groups in total. The van der Waals surface area contributed by atoms with Gasteiger partial charge in [-0.3, -0.25) is 14.4 Å². The first-order chi connectivity index (χ1) is 36.0. The van der Waals surface area contributed by atoms with Gasteiger partial charge in [-0.2, -0.15) is 0 Å². The highest BCUT2D eigenvalue weighted by Gasteiger charge is 2.19. The molecule has 0 aliphatic heterocycles. The minimum Gasteiger partial charge on any atom is -0.462 e. The van der Waals surface area contributed by atoms with Gasteiger partial charge < -0.3 is 14.2 Å². The molecule has 0 amide bonds. The Kier molecular flexibility index (Phi) is 58.3. The lowest BCUT2D eigenvalue weighted by Crippen LogP contribution is -2.30. The van der Waals surface area contributed by atoms with Crippen molar-refractivity contribution in [3.63, 3.8) is 0 Å². The molecular weight excluding hydrogens is 901 g/mol. The number of unbranched alkanes of at least 4 members (excludes halogenated alkanes) is 31. The van der Waals surface area contributed by atoms with Crippen molar-refractivity contribution >= 4 is 17.9 Å². The molecule has 0 radical (unpaired) electrons. The molecule has 0 aromatic rings. The fourth-order valence-electron chi connectivity index (χ4n) is 8.69. The van der Waals surface area contributed by atoms with Crippen molar-refractivity contribution in [1.82, 2.24) is 0 Å². The molecule has 0 heterocycles. The summed E-state index contributed by atoms with van der Waals surface area (Å²) in [5, 5.41) is 0. The second kappa shape index (κ2) is 61.1. The highest BCUT2D eigenvalue weighted by Crippen LogP contribution is 2.15. The number of hydrogen-bond acceptors (Lipinski definition) is 6. The summed E-state index contributed by atoms with van der Waals surface area (Å²) in [7, 11) is 0. The second-order valence-corrected chi connectivity index (χ2v) is 20.6. The third kappa shape index (κ3) is 59.3. The van der Waals surface area contributed by atoms with Crippen LogP contribution in [0.5, 0.6) is 0 Å². The Hall–Kier alpha value is -3.41. The number of carbonyl (C=O) groups excluding carboxylic acids is 3. The molecule has 6 nitrogen and oxygen atoms in total. The highest BCUT2D eigenvalue weighted by molar-refractivity contribution is 5.71. The summed E-state index contributed by atoms with van der Waals surface area (Å²) in [5.74, 6) is -0.897. The van der Waals surface area contributed by atoms with E-state index in [0.29, 0.717) is 19.3 Å². The molecule has 0 saturated carbocycles. The molecule has 73 heavy (non-hydrogen) atoms. The molecule has 0 aromatic heterocycles. The average Bonchev–Trinajstić information content (AvgIpc) is 3.39. The minimum atomic E-state index is -0.787. The summed E-state index contributed by atoms with van der Waals surface area (Å²) in [5.41, 5.74) is 0. The van der Waals surface area contributed by atoms with E-state index in [1.165, 1.54) is 148 Å². The number of allylic oxidation sites excluding steroid dienone is 14. The van der Waals surface area contributed by atoms with E-state index < -0.39 is 6.10 Å². The lowest BCUT2D eigenvalue weighted by Gasteiger charge is -2.18. The number of esters is 3. The van der Waals surface area contributed by atoms with Gasteiger partial charge in [0.2, 0.25) is 0 Å². The van der Waals surface area contributed by atoms with Gasteiger partial charge in [-0.1, -0.05) is 254 Å². The molecule has 0 bridgehead atoms. The van der Waals surface area contributed by atoms with E-state index >= 15 is 0 Å². The first-order valence-electron chi connectivity index (χ1n) is 31.1. The van der Waals surface area contributed by atoms with Crippen molar-refractivity contribution in [3.8, 4) is 0 Å². The molecule has 1 atom stereocenters. The van der Waals surface area contributed by atoms with Gasteiger partial charge in [-0.25, -0.2) is 0 Å². The number of hydrogen-bond donors (Lipinski definition) is 0. The Morgan fingerprint density at radius 3 is 0.849 bits per heavy atom. The van der Waals surface area contributed by atoms with Crippen LogP contribution in [0.1, 0.15) is 303 Å². The SMILES string of the molecule is CC/C=C\C/C=C\C/C=C\C/C=C\C/C=C\CCCCCCCCCCCC(=O)OCC(COC(=O)CCCCCCC/C=C\CCCCCCC)OC(=O)CCCCCCC/C=C\CCCCCCCCC. The maximum Gasteiger partial charge on any atom is 0.306 e. The monoisotopic (exact) mass is 1020 g/mol. The van der Waals surface area contributed by atoms with Gasteiger partial charge in [0.05, 0.1) is 0 Å². The van der Waals surface area contributed by atoms with E-state index in [-0.39, 0.29) is 31.1 Å². The fraction of sp³-hybridized carbons (Fsp3) is 0.746. The Morgan fingerprint density at radius 1 is 0.288 bits per heavy atom. The zero-order chi connectivity index (χ0) is 52.9. The maximum atomic E-state index is 12.9. The quantitative estimate of drug-likeness (QED) is 0.0261. The molecule has 0 saturated heterocycles. The molecule has 1 unspecified atom stereocenters. The molecule has 420 valence electrons. The lowest BCUT2D eigenvalue weighted by atomic mass is 10.1.